The number of amides is 1. The van der Waals surface area contributed by atoms with Gasteiger partial charge < -0.3 is 20.3 Å². The van der Waals surface area contributed by atoms with Crippen LogP contribution in [-0.4, -0.2) is 61.7 Å². The number of hydrogen-bond acceptors (Lipinski definition) is 5. The highest BCUT2D eigenvalue weighted by Crippen LogP contribution is 2.06. The molecule has 116 valence electrons. The van der Waals surface area contributed by atoms with Crippen molar-refractivity contribution in [3.63, 3.8) is 0 Å². The van der Waals surface area contributed by atoms with Gasteiger partial charge in [0.25, 0.3) is 5.91 Å². The standard InChI is InChI=1S/C15H24N4O2/c1-3-6-16-14-5-4-12(9-17-14)15(20)18-10-13-11-19(2)7-8-21-13/h4-5,9,13H,3,6-8,10-11H2,1-2H3,(H,16,17)(H,18,20). The van der Waals surface area contributed by atoms with Crippen LogP contribution in [0.2, 0.25) is 0 Å². The summed E-state index contributed by atoms with van der Waals surface area (Å²) in [5.74, 6) is 0.687. The van der Waals surface area contributed by atoms with Gasteiger partial charge in [-0.3, -0.25) is 4.79 Å². The van der Waals surface area contributed by atoms with Crippen LogP contribution in [0.1, 0.15) is 23.7 Å². The fourth-order valence-electron chi connectivity index (χ4n) is 2.18. The average Bonchev–Trinajstić information content (AvgIpc) is 2.51. The van der Waals surface area contributed by atoms with E-state index in [-0.39, 0.29) is 12.0 Å². The molecular formula is C15H24N4O2. The van der Waals surface area contributed by atoms with Crippen molar-refractivity contribution in [1.29, 1.82) is 0 Å². The number of hydrogen-bond donors (Lipinski definition) is 2. The molecule has 0 bridgehead atoms. The second-order valence-electron chi connectivity index (χ2n) is 5.32. The smallest absolute Gasteiger partial charge is 0.252 e. The molecule has 0 radical (unpaired) electrons. The van der Waals surface area contributed by atoms with E-state index < -0.39 is 0 Å². The summed E-state index contributed by atoms with van der Waals surface area (Å²) < 4.78 is 5.62. The van der Waals surface area contributed by atoms with E-state index in [1.807, 2.05) is 6.07 Å². The van der Waals surface area contributed by atoms with E-state index in [4.69, 9.17) is 4.74 Å². The first-order chi connectivity index (χ1) is 10.2. The molecule has 1 fully saturated rings. The van der Waals surface area contributed by atoms with Crippen LogP contribution in [0, 0.1) is 0 Å². The average molecular weight is 292 g/mol. The van der Waals surface area contributed by atoms with Crippen LogP contribution < -0.4 is 10.6 Å². The molecule has 1 aromatic heterocycles. The van der Waals surface area contributed by atoms with E-state index in [0.29, 0.717) is 12.1 Å². The van der Waals surface area contributed by atoms with Crippen LogP contribution in [0.4, 0.5) is 5.82 Å². The summed E-state index contributed by atoms with van der Waals surface area (Å²) in [6.45, 7) is 6.01. The summed E-state index contributed by atoms with van der Waals surface area (Å²) in [5, 5.41) is 6.08. The molecular weight excluding hydrogens is 268 g/mol. The van der Waals surface area contributed by atoms with Gasteiger partial charge in [0.2, 0.25) is 0 Å². The fraction of sp³-hybridized carbons (Fsp3) is 0.600. The molecule has 2 rings (SSSR count). The Bertz CT molecular complexity index is 449. The van der Waals surface area contributed by atoms with E-state index in [0.717, 1.165) is 38.5 Å². The first-order valence-electron chi connectivity index (χ1n) is 7.47. The topological polar surface area (TPSA) is 66.5 Å². The van der Waals surface area contributed by atoms with Crippen LogP contribution in [0.15, 0.2) is 18.3 Å². The lowest BCUT2D eigenvalue weighted by Gasteiger charge is -2.30. The zero-order valence-corrected chi connectivity index (χ0v) is 12.8. The normalized spacial score (nSPS) is 19.2. The predicted octanol–water partition coefficient (Wildman–Crippen LogP) is 0.964. The van der Waals surface area contributed by atoms with Gasteiger partial charge in [0.05, 0.1) is 18.3 Å². The summed E-state index contributed by atoms with van der Waals surface area (Å²) in [6, 6.07) is 3.61. The Hall–Kier alpha value is -1.66. The number of anilines is 1. The van der Waals surface area contributed by atoms with Gasteiger partial charge in [0, 0.05) is 32.4 Å². The summed E-state index contributed by atoms with van der Waals surface area (Å²) in [5.41, 5.74) is 0.571. The minimum Gasteiger partial charge on any atom is -0.374 e. The predicted molar refractivity (Wildman–Crippen MR) is 82.6 cm³/mol. The number of carbonyl (C=O) groups excluding carboxylic acids is 1. The van der Waals surface area contributed by atoms with Gasteiger partial charge in [0.1, 0.15) is 5.82 Å². The Morgan fingerprint density at radius 1 is 1.52 bits per heavy atom. The van der Waals surface area contributed by atoms with Crippen molar-refractivity contribution in [2.75, 3.05) is 45.2 Å². The molecule has 21 heavy (non-hydrogen) atoms. The maximum atomic E-state index is 12.1. The lowest BCUT2D eigenvalue weighted by molar-refractivity contribution is -0.0175. The fourth-order valence-corrected chi connectivity index (χ4v) is 2.18. The van der Waals surface area contributed by atoms with Gasteiger partial charge in [0.15, 0.2) is 0 Å². The second-order valence-corrected chi connectivity index (χ2v) is 5.32. The molecule has 1 unspecified atom stereocenters. The molecule has 1 atom stereocenters. The number of likely N-dealkylation sites (N-methyl/N-ethyl adjacent to an activating group) is 1. The monoisotopic (exact) mass is 292 g/mol. The van der Waals surface area contributed by atoms with Crippen LogP contribution in [-0.2, 0) is 4.74 Å². The highest BCUT2D eigenvalue weighted by molar-refractivity contribution is 5.94. The number of pyridine rings is 1. The van der Waals surface area contributed by atoms with Crippen LogP contribution in [0.3, 0.4) is 0 Å². The molecule has 1 amide bonds. The minimum absolute atomic E-state index is 0.0613. The van der Waals surface area contributed by atoms with Crippen molar-refractivity contribution >= 4 is 11.7 Å². The van der Waals surface area contributed by atoms with Crippen LogP contribution in [0.5, 0.6) is 0 Å². The zero-order chi connectivity index (χ0) is 15.1. The number of rotatable bonds is 6. The lowest BCUT2D eigenvalue weighted by Crippen LogP contribution is -2.45. The first-order valence-corrected chi connectivity index (χ1v) is 7.47. The summed E-state index contributed by atoms with van der Waals surface area (Å²) in [6.07, 6.45) is 2.70. The Labute approximate surface area is 125 Å². The Morgan fingerprint density at radius 2 is 2.38 bits per heavy atom. The number of morpholine rings is 1. The number of nitrogens with zero attached hydrogens (tertiary/aromatic N) is 2. The lowest BCUT2D eigenvalue weighted by atomic mass is 10.2. The summed E-state index contributed by atoms with van der Waals surface area (Å²) in [7, 11) is 2.06. The third kappa shape index (κ3) is 4.99. The van der Waals surface area contributed by atoms with Gasteiger partial charge in [-0.15, -0.1) is 0 Å². The number of carbonyl (C=O) groups is 1. The van der Waals surface area contributed by atoms with E-state index >= 15 is 0 Å². The minimum atomic E-state index is -0.110. The number of nitrogens with one attached hydrogen (secondary N) is 2. The third-order valence-electron chi connectivity index (χ3n) is 3.41. The summed E-state index contributed by atoms with van der Waals surface area (Å²) in [4.78, 5) is 18.5. The third-order valence-corrected chi connectivity index (χ3v) is 3.41. The summed E-state index contributed by atoms with van der Waals surface area (Å²) >= 11 is 0. The van der Waals surface area contributed by atoms with Crippen molar-refractivity contribution < 1.29 is 9.53 Å². The molecule has 2 N–H and O–H groups in total. The highest BCUT2D eigenvalue weighted by Gasteiger charge is 2.18. The van der Waals surface area contributed by atoms with Gasteiger partial charge >= 0.3 is 0 Å². The van der Waals surface area contributed by atoms with Gasteiger partial charge in [-0.05, 0) is 25.6 Å². The molecule has 1 aliphatic rings. The number of aromatic nitrogens is 1. The van der Waals surface area contributed by atoms with Gasteiger partial charge in [-0.1, -0.05) is 6.92 Å². The van der Waals surface area contributed by atoms with Crippen molar-refractivity contribution in [3.05, 3.63) is 23.9 Å². The second kappa shape index (κ2) is 7.95. The van der Waals surface area contributed by atoms with Gasteiger partial charge in [-0.25, -0.2) is 4.98 Å². The van der Waals surface area contributed by atoms with E-state index in [1.165, 1.54) is 0 Å². The van der Waals surface area contributed by atoms with E-state index in [9.17, 15) is 4.79 Å². The highest BCUT2D eigenvalue weighted by atomic mass is 16.5. The van der Waals surface area contributed by atoms with Crippen molar-refractivity contribution in [1.82, 2.24) is 15.2 Å². The Balaban J connectivity index is 1.79. The quantitative estimate of drug-likeness (QED) is 0.817. The number of ether oxygens (including phenoxy) is 1. The molecule has 6 nitrogen and oxygen atoms in total. The van der Waals surface area contributed by atoms with E-state index in [1.54, 1.807) is 12.3 Å². The molecule has 1 aliphatic heterocycles. The van der Waals surface area contributed by atoms with Crippen molar-refractivity contribution in [2.45, 2.75) is 19.4 Å². The molecule has 6 heteroatoms. The molecule has 1 saturated heterocycles. The van der Waals surface area contributed by atoms with Crippen molar-refractivity contribution in [3.8, 4) is 0 Å². The van der Waals surface area contributed by atoms with Crippen LogP contribution in [0.25, 0.3) is 0 Å². The molecule has 2 heterocycles. The largest absolute Gasteiger partial charge is 0.374 e. The molecule has 0 aromatic carbocycles. The van der Waals surface area contributed by atoms with E-state index in [2.05, 4.69) is 34.5 Å². The molecule has 1 aromatic rings. The Kier molecular flexibility index (Phi) is 5.95. The van der Waals surface area contributed by atoms with Crippen molar-refractivity contribution in [2.24, 2.45) is 0 Å². The Morgan fingerprint density at radius 3 is 3.05 bits per heavy atom. The van der Waals surface area contributed by atoms with Crippen LogP contribution >= 0.6 is 0 Å². The zero-order valence-electron chi connectivity index (χ0n) is 12.8. The first kappa shape index (κ1) is 15.7. The molecule has 0 aliphatic carbocycles. The maximum absolute atomic E-state index is 12.1. The SMILES string of the molecule is CCCNc1ccc(C(=O)NCC2CN(C)CCO2)cn1. The van der Waals surface area contributed by atoms with Gasteiger partial charge in [-0.2, -0.15) is 0 Å². The maximum Gasteiger partial charge on any atom is 0.252 e. The molecule has 0 saturated carbocycles. The molecule has 0 spiro atoms.